The van der Waals surface area contributed by atoms with Crippen molar-refractivity contribution < 1.29 is 18.3 Å². The molecule has 4 rings (SSSR count). The maximum Gasteiger partial charge on any atom is 0.387 e. The molecule has 3 aromatic rings. The minimum Gasteiger partial charge on any atom is -0.433 e. The fourth-order valence-electron chi connectivity index (χ4n) is 3.36. The van der Waals surface area contributed by atoms with Gasteiger partial charge in [0.1, 0.15) is 5.75 Å². The molecule has 144 valence electrons. The molecule has 0 fully saturated rings. The molecule has 1 heterocycles. The van der Waals surface area contributed by atoms with E-state index in [0.29, 0.717) is 11.4 Å². The van der Waals surface area contributed by atoms with E-state index in [1.807, 2.05) is 35.0 Å². The Morgan fingerprint density at radius 2 is 1.96 bits per heavy atom. The highest BCUT2D eigenvalue weighted by Crippen LogP contribution is 2.31. The predicted octanol–water partition coefficient (Wildman–Crippen LogP) is 4.87. The van der Waals surface area contributed by atoms with Crippen molar-refractivity contribution in [1.29, 1.82) is 0 Å². The van der Waals surface area contributed by atoms with Gasteiger partial charge in [-0.15, -0.1) is 0 Å². The fourth-order valence-corrected chi connectivity index (χ4v) is 3.59. The van der Waals surface area contributed by atoms with Gasteiger partial charge in [-0.1, -0.05) is 29.8 Å². The zero-order chi connectivity index (χ0) is 19.7. The third-order valence-corrected chi connectivity index (χ3v) is 4.85. The van der Waals surface area contributed by atoms with E-state index in [1.165, 1.54) is 18.2 Å². The Bertz CT molecular complexity index is 1020. The van der Waals surface area contributed by atoms with Gasteiger partial charge in [0.25, 0.3) is 5.91 Å². The molecule has 0 aliphatic heterocycles. The highest BCUT2D eigenvalue weighted by atomic mass is 35.5. The first-order valence-corrected chi connectivity index (χ1v) is 9.12. The van der Waals surface area contributed by atoms with Crippen molar-refractivity contribution in [2.75, 3.05) is 5.32 Å². The third kappa shape index (κ3) is 3.57. The summed E-state index contributed by atoms with van der Waals surface area (Å²) in [6.45, 7) is -2.97. The minimum absolute atomic E-state index is 0.0156. The molecule has 0 spiro atoms. The van der Waals surface area contributed by atoms with Crippen LogP contribution in [0.3, 0.4) is 0 Å². The van der Waals surface area contributed by atoms with Crippen LogP contribution in [-0.4, -0.2) is 22.3 Å². The van der Waals surface area contributed by atoms with E-state index < -0.39 is 6.61 Å². The largest absolute Gasteiger partial charge is 0.433 e. The maximum absolute atomic E-state index is 12.8. The standard InChI is InChI=1S/C20H16ClF2N3O2/c21-15-11-12(9-10-17(15)28-20(22)23)24-19(27)18-14-7-4-8-16(14)26(25-18)13-5-2-1-3-6-13/h1-3,5-6,9-11,20H,4,7-8H2,(H,24,27). The number of hydrogen-bond acceptors (Lipinski definition) is 3. The lowest BCUT2D eigenvalue weighted by atomic mass is 10.2. The number of rotatable bonds is 5. The lowest BCUT2D eigenvalue weighted by molar-refractivity contribution is -0.0497. The van der Waals surface area contributed by atoms with Crippen molar-refractivity contribution in [1.82, 2.24) is 9.78 Å². The molecule has 0 radical (unpaired) electrons. The van der Waals surface area contributed by atoms with E-state index in [0.717, 1.165) is 36.2 Å². The van der Waals surface area contributed by atoms with Gasteiger partial charge in [-0.05, 0) is 49.6 Å². The first-order chi connectivity index (χ1) is 13.5. The van der Waals surface area contributed by atoms with Crippen LogP contribution >= 0.6 is 11.6 Å². The Labute approximate surface area is 164 Å². The van der Waals surface area contributed by atoms with Crippen LogP contribution in [0.15, 0.2) is 48.5 Å². The van der Waals surface area contributed by atoms with Crippen LogP contribution < -0.4 is 10.1 Å². The average molecular weight is 404 g/mol. The summed E-state index contributed by atoms with van der Waals surface area (Å²) in [5.41, 5.74) is 3.61. The zero-order valence-corrected chi connectivity index (χ0v) is 15.4. The van der Waals surface area contributed by atoms with E-state index in [-0.39, 0.29) is 16.7 Å². The lowest BCUT2D eigenvalue weighted by Crippen LogP contribution is -2.15. The minimum atomic E-state index is -2.97. The van der Waals surface area contributed by atoms with E-state index in [9.17, 15) is 13.6 Å². The summed E-state index contributed by atoms with van der Waals surface area (Å²) in [6.07, 6.45) is 2.61. The summed E-state index contributed by atoms with van der Waals surface area (Å²) in [5.74, 6) is -0.518. The van der Waals surface area contributed by atoms with Crippen LogP contribution in [-0.2, 0) is 12.8 Å². The number of para-hydroxylation sites is 1. The van der Waals surface area contributed by atoms with Crippen LogP contribution in [0.5, 0.6) is 5.75 Å². The van der Waals surface area contributed by atoms with Gasteiger partial charge in [-0.25, -0.2) is 4.68 Å². The molecule has 28 heavy (non-hydrogen) atoms. The normalized spacial score (nSPS) is 12.9. The molecule has 1 aliphatic rings. The lowest BCUT2D eigenvalue weighted by Gasteiger charge is -2.09. The molecule has 0 saturated carbocycles. The highest BCUT2D eigenvalue weighted by Gasteiger charge is 2.27. The van der Waals surface area contributed by atoms with E-state index in [4.69, 9.17) is 11.6 Å². The third-order valence-electron chi connectivity index (χ3n) is 4.55. The molecule has 0 bridgehead atoms. The first-order valence-electron chi connectivity index (χ1n) is 8.75. The number of anilines is 1. The smallest absolute Gasteiger partial charge is 0.387 e. The van der Waals surface area contributed by atoms with Gasteiger partial charge in [-0.3, -0.25) is 4.79 Å². The van der Waals surface area contributed by atoms with Crippen molar-refractivity contribution >= 4 is 23.2 Å². The fraction of sp³-hybridized carbons (Fsp3) is 0.200. The van der Waals surface area contributed by atoms with Gasteiger partial charge in [0.05, 0.1) is 10.7 Å². The number of fused-ring (bicyclic) bond motifs is 1. The van der Waals surface area contributed by atoms with E-state index in [2.05, 4.69) is 15.2 Å². The monoisotopic (exact) mass is 403 g/mol. The number of aromatic nitrogens is 2. The zero-order valence-electron chi connectivity index (χ0n) is 14.7. The van der Waals surface area contributed by atoms with Gasteiger partial charge in [0.2, 0.25) is 0 Å². The van der Waals surface area contributed by atoms with Crippen molar-refractivity contribution in [2.45, 2.75) is 25.9 Å². The molecule has 1 aromatic heterocycles. The number of nitrogens with zero attached hydrogens (tertiary/aromatic N) is 2. The molecule has 1 N–H and O–H groups in total. The molecule has 0 unspecified atom stereocenters. The van der Waals surface area contributed by atoms with Crippen LogP contribution in [0, 0.1) is 0 Å². The van der Waals surface area contributed by atoms with E-state index >= 15 is 0 Å². The molecule has 0 saturated heterocycles. The second-order valence-electron chi connectivity index (χ2n) is 6.35. The number of ether oxygens (including phenoxy) is 1. The van der Waals surface area contributed by atoms with Crippen molar-refractivity contribution in [3.63, 3.8) is 0 Å². The molecule has 0 atom stereocenters. The summed E-state index contributed by atoms with van der Waals surface area (Å²) in [7, 11) is 0. The SMILES string of the molecule is O=C(Nc1ccc(OC(F)F)c(Cl)c1)c1nn(-c2ccccc2)c2c1CCC2. The van der Waals surface area contributed by atoms with Gasteiger partial charge < -0.3 is 10.1 Å². The maximum atomic E-state index is 12.8. The van der Waals surface area contributed by atoms with Crippen LogP contribution in [0.1, 0.15) is 28.2 Å². The molecule has 1 aliphatic carbocycles. The highest BCUT2D eigenvalue weighted by molar-refractivity contribution is 6.32. The summed E-state index contributed by atoms with van der Waals surface area (Å²) >= 11 is 5.95. The Kier molecular flexibility index (Phi) is 5.00. The number of amides is 1. The van der Waals surface area contributed by atoms with Gasteiger partial charge in [-0.2, -0.15) is 13.9 Å². The number of halogens is 3. The number of benzene rings is 2. The first kappa shape index (κ1) is 18.4. The van der Waals surface area contributed by atoms with Gasteiger partial charge >= 0.3 is 6.61 Å². The van der Waals surface area contributed by atoms with Crippen LogP contribution in [0.2, 0.25) is 5.02 Å². The van der Waals surface area contributed by atoms with Crippen molar-refractivity contribution in [2.24, 2.45) is 0 Å². The Morgan fingerprint density at radius 1 is 1.18 bits per heavy atom. The Hall–Kier alpha value is -2.93. The summed E-state index contributed by atoms with van der Waals surface area (Å²) in [6, 6.07) is 13.8. The summed E-state index contributed by atoms with van der Waals surface area (Å²) in [5, 5.41) is 7.24. The summed E-state index contributed by atoms with van der Waals surface area (Å²) < 4.78 is 30.8. The van der Waals surface area contributed by atoms with Crippen molar-refractivity contribution in [3.05, 3.63) is 70.5 Å². The molecule has 2 aromatic carbocycles. The predicted molar refractivity (Wildman–Crippen MR) is 102 cm³/mol. The summed E-state index contributed by atoms with van der Waals surface area (Å²) in [4.78, 5) is 12.8. The number of carbonyl (C=O) groups is 1. The number of alkyl halides is 2. The average Bonchev–Trinajstić information content (AvgIpc) is 3.27. The van der Waals surface area contributed by atoms with Crippen LogP contribution in [0.4, 0.5) is 14.5 Å². The van der Waals surface area contributed by atoms with Gasteiger partial charge in [0, 0.05) is 16.9 Å². The topological polar surface area (TPSA) is 56.1 Å². The van der Waals surface area contributed by atoms with Gasteiger partial charge in [0.15, 0.2) is 5.69 Å². The molecule has 5 nitrogen and oxygen atoms in total. The van der Waals surface area contributed by atoms with E-state index in [1.54, 1.807) is 0 Å². The molecular formula is C20H16ClF2N3O2. The number of carbonyl (C=O) groups excluding carboxylic acids is 1. The number of hydrogen-bond donors (Lipinski definition) is 1. The Morgan fingerprint density at radius 3 is 2.68 bits per heavy atom. The van der Waals surface area contributed by atoms with Crippen molar-refractivity contribution in [3.8, 4) is 11.4 Å². The second kappa shape index (κ2) is 7.59. The quantitative estimate of drug-likeness (QED) is 0.661. The van der Waals surface area contributed by atoms with Crippen LogP contribution in [0.25, 0.3) is 5.69 Å². The molecule has 8 heteroatoms. The molecular weight excluding hydrogens is 388 g/mol. The second-order valence-corrected chi connectivity index (χ2v) is 6.76. The Balaban J connectivity index is 1.60. The molecule has 1 amide bonds. The number of nitrogens with one attached hydrogen (secondary N) is 1.